The smallest absolute Gasteiger partial charge is 0.185 e. The van der Waals surface area contributed by atoms with Crippen LogP contribution in [0.1, 0.15) is 32.1 Å². The van der Waals surface area contributed by atoms with E-state index < -0.39 is 0 Å². The number of ketones is 1. The topological polar surface area (TPSA) is 36.4 Å². The molecule has 0 radical (unpaired) electrons. The average molecular weight is 293 g/mol. The number of thiazole rings is 1. The van der Waals surface area contributed by atoms with Crippen molar-refractivity contribution in [3.8, 4) is 0 Å². The van der Waals surface area contributed by atoms with Crippen LogP contribution in [0.2, 0.25) is 0 Å². The molecular weight excluding hydrogens is 270 g/mol. The van der Waals surface area contributed by atoms with E-state index in [2.05, 4.69) is 14.8 Å². The number of nitrogens with zero attached hydrogens (tertiary/aromatic N) is 3. The van der Waals surface area contributed by atoms with Gasteiger partial charge >= 0.3 is 0 Å². The molecule has 3 rings (SSSR count). The summed E-state index contributed by atoms with van der Waals surface area (Å²) in [5.74, 6) is 0.800. The number of hydrogen-bond donors (Lipinski definition) is 0. The zero-order chi connectivity index (χ0) is 13.8. The molecule has 20 heavy (non-hydrogen) atoms. The van der Waals surface area contributed by atoms with Crippen LogP contribution in [0, 0.1) is 5.92 Å². The van der Waals surface area contributed by atoms with E-state index in [-0.39, 0.29) is 0 Å². The van der Waals surface area contributed by atoms with Crippen molar-refractivity contribution in [2.24, 2.45) is 5.92 Å². The Kier molecular flexibility index (Phi) is 4.68. The van der Waals surface area contributed by atoms with Gasteiger partial charge in [-0.1, -0.05) is 12.8 Å². The van der Waals surface area contributed by atoms with Gasteiger partial charge in [-0.05, 0) is 12.8 Å². The van der Waals surface area contributed by atoms with Gasteiger partial charge in [0.15, 0.2) is 5.13 Å². The summed E-state index contributed by atoms with van der Waals surface area (Å²) in [4.78, 5) is 21.3. The van der Waals surface area contributed by atoms with Crippen molar-refractivity contribution in [1.29, 1.82) is 0 Å². The van der Waals surface area contributed by atoms with Crippen molar-refractivity contribution in [2.75, 3.05) is 37.6 Å². The number of anilines is 1. The fourth-order valence-corrected chi connectivity index (χ4v) is 3.93. The Labute approximate surface area is 124 Å². The first-order valence-corrected chi connectivity index (χ1v) is 8.60. The maximum absolute atomic E-state index is 12.1. The third kappa shape index (κ3) is 3.38. The lowest BCUT2D eigenvalue weighted by Gasteiger charge is -2.36. The molecule has 2 aliphatic rings. The lowest BCUT2D eigenvalue weighted by atomic mass is 9.98. The van der Waals surface area contributed by atoms with Crippen LogP contribution in [0.3, 0.4) is 0 Å². The maximum atomic E-state index is 12.1. The minimum absolute atomic E-state index is 0.295. The molecule has 1 aromatic rings. The molecule has 1 saturated carbocycles. The molecule has 0 bridgehead atoms. The highest BCUT2D eigenvalue weighted by atomic mass is 32.1. The summed E-state index contributed by atoms with van der Waals surface area (Å²) < 4.78 is 0. The van der Waals surface area contributed by atoms with E-state index in [9.17, 15) is 4.79 Å². The zero-order valence-corrected chi connectivity index (χ0v) is 12.8. The molecule has 1 aliphatic heterocycles. The first-order chi connectivity index (χ1) is 9.83. The molecule has 2 heterocycles. The monoisotopic (exact) mass is 293 g/mol. The first-order valence-electron chi connectivity index (χ1n) is 7.72. The average Bonchev–Trinajstić information content (AvgIpc) is 2.93. The van der Waals surface area contributed by atoms with E-state index >= 15 is 0 Å². The van der Waals surface area contributed by atoms with Crippen LogP contribution in [-0.2, 0) is 4.79 Å². The van der Waals surface area contributed by atoms with Gasteiger partial charge in [0.1, 0.15) is 5.78 Å². The van der Waals surface area contributed by atoms with Gasteiger partial charge in [-0.25, -0.2) is 4.98 Å². The van der Waals surface area contributed by atoms with Crippen molar-refractivity contribution in [2.45, 2.75) is 32.1 Å². The molecule has 0 amide bonds. The quantitative estimate of drug-likeness (QED) is 0.802. The number of Topliss-reactive ketones (excluding diaryl/α,β-unsaturated/α-hetero) is 1. The first kappa shape index (κ1) is 14.0. The van der Waals surface area contributed by atoms with Crippen molar-refractivity contribution in [1.82, 2.24) is 9.88 Å². The van der Waals surface area contributed by atoms with Crippen molar-refractivity contribution < 1.29 is 4.79 Å². The third-order valence-electron chi connectivity index (χ3n) is 4.47. The van der Waals surface area contributed by atoms with E-state index in [0.29, 0.717) is 11.7 Å². The van der Waals surface area contributed by atoms with Crippen molar-refractivity contribution >= 4 is 22.3 Å². The zero-order valence-electron chi connectivity index (χ0n) is 12.0. The minimum atomic E-state index is 0.295. The SMILES string of the molecule is O=C1CCCCCC1CN1CCN(c2nccs2)CC1. The van der Waals surface area contributed by atoms with Gasteiger partial charge in [0.05, 0.1) is 0 Å². The molecule has 1 aromatic heterocycles. The second kappa shape index (κ2) is 6.68. The summed E-state index contributed by atoms with van der Waals surface area (Å²) in [5.41, 5.74) is 0. The van der Waals surface area contributed by atoms with Gasteiger partial charge in [-0.15, -0.1) is 11.3 Å². The molecule has 110 valence electrons. The molecule has 1 atom stereocenters. The summed E-state index contributed by atoms with van der Waals surface area (Å²) in [5, 5.41) is 3.17. The maximum Gasteiger partial charge on any atom is 0.185 e. The van der Waals surface area contributed by atoms with Gasteiger partial charge in [-0.2, -0.15) is 0 Å². The number of rotatable bonds is 3. The van der Waals surface area contributed by atoms with Gasteiger partial charge in [0, 0.05) is 56.6 Å². The summed E-state index contributed by atoms with van der Waals surface area (Å²) in [6.45, 7) is 5.17. The van der Waals surface area contributed by atoms with Crippen LogP contribution >= 0.6 is 11.3 Å². The number of carbonyl (C=O) groups excluding carboxylic acids is 1. The van der Waals surface area contributed by atoms with Crippen LogP contribution in [-0.4, -0.2) is 48.4 Å². The summed E-state index contributed by atoms with van der Waals surface area (Å²) >= 11 is 1.71. The Morgan fingerprint density at radius 2 is 2.05 bits per heavy atom. The van der Waals surface area contributed by atoms with E-state index in [1.165, 1.54) is 12.8 Å². The van der Waals surface area contributed by atoms with E-state index in [0.717, 1.165) is 57.1 Å². The van der Waals surface area contributed by atoms with Gasteiger partial charge in [-0.3, -0.25) is 9.69 Å². The lowest BCUT2D eigenvalue weighted by Crippen LogP contribution is -2.48. The highest BCUT2D eigenvalue weighted by molar-refractivity contribution is 7.13. The lowest BCUT2D eigenvalue weighted by molar-refractivity contribution is -0.123. The normalized spacial score (nSPS) is 25.7. The Bertz CT molecular complexity index is 426. The number of carbonyl (C=O) groups is 1. The Morgan fingerprint density at radius 3 is 2.80 bits per heavy atom. The molecule has 0 aromatic carbocycles. The van der Waals surface area contributed by atoms with Crippen molar-refractivity contribution in [3.63, 3.8) is 0 Å². The van der Waals surface area contributed by atoms with Gasteiger partial charge < -0.3 is 4.90 Å². The van der Waals surface area contributed by atoms with Crippen LogP contribution in [0.15, 0.2) is 11.6 Å². The van der Waals surface area contributed by atoms with E-state index in [1.54, 1.807) is 11.3 Å². The molecule has 1 saturated heterocycles. The largest absolute Gasteiger partial charge is 0.346 e. The fraction of sp³-hybridized carbons (Fsp3) is 0.733. The second-order valence-electron chi connectivity index (χ2n) is 5.86. The molecular formula is C15H23N3OS. The highest BCUT2D eigenvalue weighted by Crippen LogP contribution is 2.23. The number of piperazine rings is 1. The summed E-state index contributed by atoms with van der Waals surface area (Å²) in [7, 11) is 0. The van der Waals surface area contributed by atoms with Crippen LogP contribution in [0.25, 0.3) is 0 Å². The Balaban J connectivity index is 1.49. The van der Waals surface area contributed by atoms with Crippen molar-refractivity contribution in [3.05, 3.63) is 11.6 Å². The van der Waals surface area contributed by atoms with Gasteiger partial charge in [0.25, 0.3) is 0 Å². The molecule has 1 aliphatic carbocycles. The highest BCUT2D eigenvalue weighted by Gasteiger charge is 2.25. The Morgan fingerprint density at radius 1 is 1.20 bits per heavy atom. The minimum Gasteiger partial charge on any atom is -0.346 e. The van der Waals surface area contributed by atoms with Gasteiger partial charge in [0.2, 0.25) is 0 Å². The molecule has 1 unspecified atom stereocenters. The fourth-order valence-electron chi connectivity index (χ4n) is 3.23. The van der Waals surface area contributed by atoms with E-state index in [1.807, 2.05) is 11.6 Å². The van der Waals surface area contributed by atoms with Crippen LogP contribution in [0.5, 0.6) is 0 Å². The second-order valence-corrected chi connectivity index (χ2v) is 6.74. The standard InChI is InChI=1S/C15H23N3OS/c19-14-5-3-1-2-4-13(14)12-17-7-9-18(10-8-17)15-16-6-11-20-15/h6,11,13H,1-5,7-10,12H2. The Hall–Kier alpha value is -0.940. The summed E-state index contributed by atoms with van der Waals surface area (Å²) in [6.07, 6.45) is 7.36. The predicted molar refractivity (Wildman–Crippen MR) is 82.3 cm³/mol. The van der Waals surface area contributed by atoms with E-state index in [4.69, 9.17) is 0 Å². The molecule has 4 nitrogen and oxygen atoms in total. The molecule has 0 N–H and O–H groups in total. The number of hydrogen-bond acceptors (Lipinski definition) is 5. The number of aromatic nitrogens is 1. The predicted octanol–water partition coefficient (Wildman–Crippen LogP) is 2.41. The summed E-state index contributed by atoms with van der Waals surface area (Å²) in [6, 6.07) is 0. The van der Waals surface area contributed by atoms with Crippen LogP contribution in [0.4, 0.5) is 5.13 Å². The third-order valence-corrected chi connectivity index (χ3v) is 5.30. The molecule has 5 heteroatoms. The molecule has 0 spiro atoms. The van der Waals surface area contributed by atoms with Crippen LogP contribution < -0.4 is 4.90 Å². The molecule has 2 fully saturated rings.